The Morgan fingerprint density at radius 1 is 1.06 bits per heavy atom. The molecule has 31 heavy (non-hydrogen) atoms. The number of amides is 1. The topological polar surface area (TPSA) is 84.2 Å². The van der Waals surface area contributed by atoms with Crippen molar-refractivity contribution in [3.63, 3.8) is 0 Å². The quantitative estimate of drug-likeness (QED) is 0.507. The second kappa shape index (κ2) is 8.74. The summed E-state index contributed by atoms with van der Waals surface area (Å²) >= 11 is 0. The molecule has 0 saturated carbocycles. The number of halogens is 1. The number of carbonyl (C=O) groups excluding carboxylic acids is 1. The van der Waals surface area contributed by atoms with Gasteiger partial charge in [0.05, 0.1) is 17.7 Å². The van der Waals surface area contributed by atoms with Crippen molar-refractivity contribution >= 4 is 17.7 Å². The molecule has 1 N–H and O–H groups in total. The van der Waals surface area contributed by atoms with Gasteiger partial charge in [-0.1, -0.05) is 35.5 Å². The average molecular weight is 417 g/mol. The second-order valence-corrected chi connectivity index (χ2v) is 7.09. The number of nitrogens with zero attached hydrogens (tertiary/aromatic N) is 4. The largest absolute Gasteiger partial charge is 0.347 e. The lowest BCUT2D eigenvalue weighted by molar-refractivity contribution is -0.115. The molecule has 0 radical (unpaired) electrons. The Labute approximate surface area is 178 Å². The Hall–Kier alpha value is -4.07. The number of benzene rings is 2. The number of aromatic nitrogens is 3. The number of hydrogen-bond donors (Lipinski definition) is 1. The first-order valence-electron chi connectivity index (χ1n) is 9.61. The fraction of sp³-hybridized carbons (Fsp3) is 0.130. The van der Waals surface area contributed by atoms with Crippen LogP contribution in [-0.4, -0.2) is 35.1 Å². The molecule has 0 fully saturated rings. The van der Waals surface area contributed by atoms with Crippen molar-refractivity contribution in [2.45, 2.75) is 6.42 Å². The van der Waals surface area contributed by atoms with Crippen LogP contribution in [0.2, 0.25) is 0 Å². The Bertz CT molecular complexity index is 1190. The molecule has 4 rings (SSSR count). The summed E-state index contributed by atoms with van der Waals surface area (Å²) in [6.45, 7) is 0. The molecular weight excluding hydrogens is 397 g/mol. The van der Waals surface area contributed by atoms with Crippen molar-refractivity contribution in [3.05, 3.63) is 78.2 Å². The molecule has 0 aliphatic heterocycles. The van der Waals surface area contributed by atoms with Crippen LogP contribution in [-0.2, 0) is 11.2 Å². The summed E-state index contributed by atoms with van der Waals surface area (Å²) in [5.41, 5.74) is 2.97. The first-order valence-corrected chi connectivity index (χ1v) is 9.61. The third kappa shape index (κ3) is 4.58. The van der Waals surface area contributed by atoms with Crippen LogP contribution in [0.5, 0.6) is 0 Å². The van der Waals surface area contributed by atoms with E-state index in [1.807, 2.05) is 44.4 Å². The lowest BCUT2D eigenvalue weighted by Gasteiger charge is -2.11. The fourth-order valence-electron chi connectivity index (χ4n) is 3.07. The third-order valence-corrected chi connectivity index (χ3v) is 4.57. The van der Waals surface area contributed by atoms with Crippen molar-refractivity contribution in [2.75, 3.05) is 24.3 Å². The van der Waals surface area contributed by atoms with E-state index in [9.17, 15) is 9.18 Å². The second-order valence-electron chi connectivity index (χ2n) is 7.09. The first-order chi connectivity index (χ1) is 15.0. The van der Waals surface area contributed by atoms with Gasteiger partial charge in [0.25, 0.3) is 0 Å². The minimum atomic E-state index is -0.359. The van der Waals surface area contributed by atoms with Crippen LogP contribution in [0.15, 0.2) is 71.4 Å². The van der Waals surface area contributed by atoms with Gasteiger partial charge >= 0.3 is 0 Å². The molecule has 0 spiro atoms. The van der Waals surface area contributed by atoms with Gasteiger partial charge in [-0.15, -0.1) is 0 Å². The zero-order valence-electron chi connectivity index (χ0n) is 17.0. The number of rotatable bonds is 6. The van der Waals surface area contributed by atoms with Gasteiger partial charge in [0.15, 0.2) is 0 Å². The fourth-order valence-corrected chi connectivity index (χ4v) is 3.07. The van der Waals surface area contributed by atoms with Crippen LogP contribution in [0.25, 0.3) is 22.5 Å². The highest BCUT2D eigenvalue weighted by Crippen LogP contribution is 2.37. The van der Waals surface area contributed by atoms with Gasteiger partial charge in [0.1, 0.15) is 11.5 Å². The lowest BCUT2D eigenvalue weighted by atomic mass is 10.0. The molecule has 0 bridgehead atoms. The van der Waals surface area contributed by atoms with E-state index in [0.29, 0.717) is 28.5 Å². The molecule has 0 unspecified atom stereocenters. The predicted molar refractivity (Wildman–Crippen MR) is 116 cm³/mol. The average Bonchev–Trinajstić information content (AvgIpc) is 3.18. The minimum absolute atomic E-state index is 0.170. The van der Waals surface area contributed by atoms with Crippen molar-refractivity contribution in [1.29, 1.82) is 0 Å². The molecule has 156 valence electrons. The normalized spacial score (nSPS) is 10.7. The molecule has 8 heteroatoms. The molecular formula is C23H20FN5O2. The van der Waals surface area contributed by atoms with Gasteiger partial charge in [-0.05, 0) is 35.9 Å². The molecule has 0 aliphatic carbocycles. The summed E-state index contributed by atoms with van der Waals surface area (Å²) in [4.78, 5) is 23.2. The summed E-state index contributed by atoms with van der Waals surface area (Å²) in [7, 11) is 3.66. The highest BCUT2D eigenvalue weighted by molar-refractivity contribution is 5.97. The number of hydrogen-bond acceptors (Lipinski definition) is 6. The summed E-state index contributed by atoms with van der Waals surface area (Å²) < 4.78 is 18.9. The molecule has 0 aliphatic rings. The Morgan fingerprint density at radius 3 is 2.52 bits per heavy atom. The highest BCUT2D eigenvalue weighted by Gasteiger charge is 2.23. The van der Waals surface area contributed by atoms with Crippen molar-refractivity contribution in [1.82, 2.24) is 15.1 Å². The maximum absolute atomic E-state index is 13.4. The smallest absolute Gasteiger partial charge is 0.241 e. The van der Waals surface area contributed by atoms with Crippen LogP contribution in [0, 0.1) is 5.82 Å². The standard InChI is InChI=1S/C23H20FN5O2/c1-29(2)23-25-13-12-18(26-23)20-21(16-8-10-17(24)11-9-16)28-31-22(20)27-19(30)14-15-6-4-3-5-7-15/h3-13H,14H2,1-2H3,(H,27,30). The maximum Gasteiger partial charge on any atom is 0.241 e. The summed E-state index contributed by atoms with van der Waals surface area (Å²) in [5, 5.41) is 6.93. The Balaban J connectivity index is 1.74. The number of carbonyl (C=O) groups is 1. The molecule has 2 heterocycles. The summed E-state index contributed by atoms with van der Waals surface area (Å²) in [6.07, 6.45) is 1.80. The van der Waals surface area contributed by atoms with E-state index < -0.39 is 0 Å². The van der Waals surface area contributed by atoms with Crippen molar-refractivity contribution in [2.24, 2.45) is 0 Å². The van der Waals surface area contributed by atoms with Crippen LogP contribution in [0.3, 0.4) is 0 Å². The maximum atomic E-state index is 13.4. The molecule has 2 aromatic heterocycles. The lowest BCUT2D eigenvalue weighted by Crippen LogP contribution is -2.15. The molecule has 0 atom stereocenters. The Kier molecular flexibility index (Phi) is 5.70. The van der Waals surface area contributed by atoms with E-state index in [0.717, 1.165) is 5.56 Å². The molecule has 7 nitrogen and oxygen atoms in total. The van der Waals surface area contributed by atoms with Crippen LogP contribution in [0.1, 0.15) is 5.56 Å². The monoisotopic (exact) mass is 417 g/mol. The number of nitrogens with one attached hydrogen (secondary N) is 1. The number of anilines is 2. The minimum Gasteiger partial charge on any atom is -0.347 e. The third-order valence-electron chi connectivity index (χ3n) is 4.57. The highest BCUT2D eigenvalue weighted by atomic mass is 19.1. The molecule has 4 aromatic rings. The summed E-state index contributed by atoms with van der Waals surface area (Å²) in [5.74, 6) is 0.0484. The summed E-state index contributed by atoms with van der Waals surface area (Å²) in [6, 6.07) is 17.0. The first kappa shape index (κ1) is 20.2. The van der Waals surface area contributed by atoms with E-state index in [1.54, 1.807) is 29.3 Å². The predicted octanol–water partition coefficient (Wildman–Crippen LogP) is 4.18. The van der Waals surface area contributed by atoms with Crippen LogP contribution < -0.4 is 10.2 Å². The van der Waals surface area contributed by atoms with E-state index in [1.165, 1.54) is 12.1 Å². The zero-order valence-corrected chi connectivity index (χ0v) is 17.0. The molecule has 1 amide bonds. The van der Waals surface area contributed by atoms with Gasteiger partial charge < -0.3 is 9.42 Å². The van der Waals surface area contributed by atoms with Crippen LogP contribution in [0.4, 0.5) is 16.2 Å². The SMILES string of the molecule is CN(C)c1nccc(-c2c(-c3ccc(F)cc3)noc2NC(=O)Cc2ccccc2)n1. The van der Waals surface area contributed by atoms with Crippen LogP contribution >= 0.6 is 0 Å². The van der Waals surface area contributed by atoms with E-state index >= 15 is 0 Å². The van der Waals surface area contributed by atoms with E-state index in [2.05, 4.69) is 20.4 Å². The van der Waals surface area contributed by atoms with E-state index in [4.69, 9.17) is 4.52 Å². The molecule has 0 saturated heterocycles. The Morgan fingerprint density at radius 2 is 1.81 bits per heavy atom. The van der Waals surface area contributed by atoms with E-state index in [-0.39, 0.29) is 24.0 Å². The van der Waals surface area contributed by atoms with Crippen molar-refractivity contribution in [3.8, 4) is 22.5 Å². The van der Waals surface area contributed by atoms with Gasteiger partial charge in [0.2, 0.25) is 17.7 Å². The van der Waals surface area contributed by atoms with Gasteiger partial charge in [-0.3, -0.25) is 10.1 Å². The van der Waals surface area contributed by atoms with Crippen molar-refractivity contribution < 1.29 is 13.7 Å². The van der Waals surface area contributed by atoms with Gasteiger partial charge in [0, 0.05) is 25.9 Å². The van der Waals surface area contributed by atoms with Gasteiger partial charge in [-0.2, -0.15) is 0 Å². The zero-order chi connectivity index (χ0) is 21.8. The van der Waals surface area contributed by atoms with Gasteiger partial charge in [-0.25, -0.2) is 14.4 Å². The molecule has 2 aromatic carbocycles.